The van der Waals surface area contributed by atoms with Crippen LogP contribution in [0.25, 0.3) is 0 Å². The van der Waals surface area contributed by atoms with E-state index in [-0.39, 0.29) is 46.1 Å². The number of ether oxygens (including phenoxy) is 1. The molecule has 8 nitrogen and oxygen atoms in total. The molecule has 3 N–H and O–H groups in total. The van der Waals surface area contributed by atoms with Gasteiger partial charge in [0.05, 0.1) is 23.4 Å². The lowest BCUT2D eigenvalue weighted by Crippen LogP contribution is -2.43. The van der Waals surface area contributed by atoms with Crippen LogP contribution in [0, 0.1) is 0 Å². The lowest BCUT2D eigenvalue weighted by Gasteiger charge is -2.29. The largest absolute Gasteiger partial charge is 0.495 e. The van der Waals surface area contributed by atoms with Gasteiger partial charge >= 0.3 is 6.18 Å². The molecule has 5 rings (SSSR count). The minimum Gasteiger partial charge on any atom is -0.495 e. The Hall–Kier alpha value is -3.57. The summed E-state index contributed by atoms with van der Waals surface area (Å²) in [6.45, 7) is 1.78. The van der Waals surface area contributed by atoms with Crippen LogP contribution in [0.5, 0.6) is 5.75 Å². The number of nitrogens with zero attached hydrogens (tertiary/aromatic N) is 3. The number of methoxy groups -OCH3 is 1. The van der Waals surface area contributed by atoms with Gasteiger partial charge in [-0.3, -0.25) is 4.79 Å². The second-order valence-corrected chi connectivity index (χ2v) is 10.6. The maximum atomic E-state index is 13.8. The maximum Gasteiger partial charge on any atom is 0.421 e. The Bertz CT molecular complexity index is 1370. The van der Waals surface area contributed by atoms with Crippen LogP contribution < -0.4 is 20.7 Å². The van der Waals surface area contributed by atoms with Gasteiger partial charge in [-0.2, -0.15) is 18.2 Å². The zero-order valence-corrected chi connectivity index (χ0v) is 22.9. The Morgan fingerprint density at radius 1 is 1.10 bits per heavy atom. The molecule has 0 atom stereocenters. The van der Waals surface area contributed by atoms with Gasteiger partial charge in [-0.15, -0.1) is 0 Å². The highest BCUT2D eigenvalue weighted by atomic mass is 35.5. The number of rotatable bonds is 7. The standard InChI is InChI=1S/C28H30ClF3N6O2/c1-38-9-7-18(8-10-38)35-26(39)20-13-24(40-2)23(14-22(20)29)36-27-33-15-21(28(30,31)32)25(37-27)34-19-11-16-5-3-4-6-17(16)12-19/h3-6,13-15,18-19H,7-12H2,1-2H3,(H,35,39)(H2,33,34,36,37). The fourth-order valence-electron chi connectivity index (χ4n) is 5.14. The van der Waals surface area contributed by atoms with Gasteiger partial charge in [-0.05, 0) is 69.1 Å². The second-order valence-electron chi connectivity index (χ2n) is 10.2. The summed E-state index contributed by atoms with van der Waals surface area (Å²) in [6.07, 6.45) is -1.04. The Kier molecular flexibility index (Phi) is 8.04. The summed E-state index contributed by atoms with van der Waals surface area (Å²) in [6, 6.07) is 10.5. The van der Waals surface area contributed by atoms with E-state index in [2.05, 4.69) is 30.8 Å². The zero-order chi connectivity index (χ0) is 28.4. The quantitative estimate of drug-likeness (QED) is 0.352. The minimum atomic E-state index is -4.64. The van der Waals surface area contributed by atoms with Crippen molar-refractivity contribution in [2.75, 3.05) is 37.9 Å². The van der Waals surface area contributed by atoms with E-state index >= 15 is 0 Å². The summed E-state index contributed by atoms with van der Waals surface area (Å²) in [4.78, 5) is 23.2. The van der Waals surface area contributed by atoms with Gasteiger partial charge in [0.25, 0.3) is 5.91 Å². The van der Waals surface area contributed by atoms with E-state index in [0.717, 1.165) is 43.3 Å². The summed E-state index contributed by atoms with van der Waals surface area (Å²) in [5.74, 6) is -0.452. The fourth-order valence-corrected chi connectivity index (χ4v) is 5.39. The maximum absolute atomic E-state index is 13.8. The first-order valence-corrected chi connectivity index (χ1v) is 13.4. The van der Waals surface area contributed by atoms with Crippen LogP contribution in [-0.2, 0) is 19.0 Å². The monoisotopic (exact) mass is 574 g/mol. The lowest BCUT2D eigenvalue weighted by atomic mass is 10.0. The number of alkyl halides is 3. The Morgan fingerprint density at radius 3 is 2.40 bits per heavy atom. The van der Waals surface area contributed by atoms with Crippen molar-refractivity contribution in [1.29, 1.82) is 0 Å². The highest BCUT2D eigenvalue weighted by molar-refractivity contribution is 6.34. The van der Waals surface area contributed by atoms with Crippen molar-refractivity contribution in [1.82, 2.24) is 20.2 Å². The Labute approximate surface area is 235 Å². The van der Waals surface area contributed by atoms with E-state index in [1.54, 1.807) is 0 Å². The highest BCUT2D eigenvalue weighted by Crippen LogP contribution is 2.37. The van der Waals surface area contributed by atoms with Crippen molar-refractivity contribution < 1.29 is 22.7 Å². The molecular weight excluding hydrogens is 545 g/mol. The lowest BCUT2D eigenvalue weighted by molar-refractivity contribution is -0.137. The molecule has 0 unspecified atom stereocenters. The van der Waals surface area contributed by atoms with Crippen LogP contribution in [0.4, 0.5) is 30.6 Å². The summed E-state index contributed by atoms with van der Waals surface area (Å²) in [5.41, 5.74) is 1.78. The molecule has 3 aromatic rings. The minimum absolute atomic E-state index is 0.0442. The van der Waals surface area contributed by atoms with E-state index in [1.807, 2.05) is 31.3 Å². The second kappa shape index (κ2) is 11.5. The van der Waals surface area contributed by atoms with Crippen LogP contribution in [0.2, 0.25) is 5.02 Å². The first-order chi connectivity index (χ1) is 19.1. The van der Waals surface area contributed by atoms with Crippen LogP contribution in [0.3, 0.4) is 0 Å². The number of hydrogen-bond acceptors (Lipinski definition) is 7. The molecule has 1 aliphatic heterocycles. The molecule has 0 spiro atoms. The van der Waals surface area contributed by atoms with E-state index in [9.17, 15) is 18.0 Å². The molecule has 0 bridgehead atoms. The number of hydrogen-bond donors (Lipinski definition) is 3. The molecule has 2 aliphatic rings. The van der Waals surface area contributed by atoms with Crippen LogP contribution in [0.15, 0.2) is 42.6 Å². The summed E-state index contributed by atoms with van der Waals surface area (Å²) < 4.78 is 46.9. The fraction of sp³-hybridized carbons (Fsp3) is 0.393. The molecule has 2 heterocycles. The summed E-state index contributed by atoms with van der Waals surface area (Å²) in [5, 5.41) is 9.05. The average molecular weight is 575 g/mol. The summed E-state index contributed by atoms with van der Waals surface area (Å²) in [7, 11) is 3.46. The molecule has 212 valence electrons. The number of piperidine rings is 1. The van der Waals surface area contributed by atoms with Crippen molar-refractivity contribution in [2.24, 2.45) is 0 Å². The molecule has 0 saturated carbocycles. The molecule has 1 fully saturated rings. The number of amides is 1. The molecule has 2 aromatic carbocycles. The SMILES string of the molecule is COc1cc(C(=O)NC2CCN(C)CC2)c(Cl)cc1Nc1ncc(C(F)(F)F)c(NC2Cc3ccccc3C2)n1. The van der Waals surface area contributed by atoms with Crippen LogP contribution in [-0.4, -0.2) is 60.1 Å². The van der Waals surface area contributed by atoms with Gasteiger partial charge in [-0.25, -0.2) is 4.98 Å². The number of halogens is 4. The number of benzene rings is 2. The van der Waals surface area contributed by atoms with Crippen molar-refractivity contribution in [2.45, 2.75) is 43.9 Å². The van der Waals surface area contributed by atoms with E-state index in [1.165, 1.54) is 19.2 Å². The normalized spacial score (nSPS) is 16.4. The predicted molar refractivity (Wildman–Crippen MR) is 148 cm³/mol. The highest BCUT2D eigenvalue weighted by Gasteiger charge is 2.36. The molecule has 1 saturated heterocycles. The van der Waals surface area contributed by atoms with Crippen LogP contribution >= 0.6 is 11.6 Å². The van der Waals surface area contributed by atoms with Gasteiger partial charge in [-0.1, -0.05) is 35.9 Å². The first-order valence-electron chi connectivity index (χ1n) is 13.0. The van der Waals surface area contributed by atoms with Crippen molar-refractivity contribution in [3.05, 3.63) is 69.9 Å². The molecule has 1 aliphatic carbocycles. The molecule has 0 radical (unpaired) electrons. The van der Waals surface area contributed by atoms with Crippen molar-refractivity contribution >= 4 is 35.0 Å². The third kappa shape index (κ3) is 6.26. The van der Waals surface area contributed by atoms with Gasteiger partial charge in [0.1, 0.15) is 17.1 Å². The predicted octanol–water partition coefficient (Wildman–Crippen LogP) is 5.30. The molecular formula is C28H30ClF3N6O2. The number of fused-ring (bicyclic) bond motifs is 1. The zero-order valence-electron chi connectivity index (χ0n) is 22.1. The van der Waals surface area contributed by atoms with E-state index < -0.39 is 11.7 Å². The third-order valence-corrected chi connectivity index (χ3v) is 7.63. The van der Waals surface area contributed by atoms with Gasteiger partial charge in [0.2, 0.25) is 5.95 Å². The third-order valence-electron chi connectivity index (χ3n) is 7.32. The van der Waals surface area contributed by atoms with E-state index in [4.69, 9.17) is 16.3 Å². The smallest absolute Gasteiger partial charge is 0.421 e. The Morgan fingerprint density at radius 2 is 1.77 bits per heavy atom. The molecule has 40 heavy (non-hydrogen) atoms. The van der Waals surface area contributed by atoms with Crippen LogP contribution in [0.1, 0.15) is 39.9 Å². The summed E-state index contributed by atoms with van der Waals surface area (Å²) >= 11 is 6.47. The average Bonchev–Trinajstić information content (AvgIpc) is 3.32. The Balaban J connectivity index is 1.36. The number of anilines is 3. The number of nitrogens with one attached hydrogen (secondary N) is 3. The molecule has 1 amide bonds. The molecule has 1 aromatic heterocycles. The van der Waals surface area contributed by atoms with Crippen molar-refractivity contribution in [3.63, 3.8) is 0 Å². The van der Waals surface area contributed by atoms with Gasteiger partial charge in [0.15, 0.2) is 0 Å². The van der Waals surface area contributed by atoms with Gasteiger partial charge in [0, 0.05) is 18.3 Å². The van der Waals surface area contributed by atoms with Gasteiger partial charge < -0.3 is 25.6 Å². The topological polar surface area (TPSA) is 91.4 Å². The van der Waals surface area contributed by atoms with E-state index in [0.29, 0.717) is 18.5 Å². The first kappa shape index (κ1) is 28.0. The molecule has 12 heteroatoms. The number of carbonyl (C=O) groups is 1. The number of likely N-dealkylation sites (tertiary alicyclic amines) is 1. The number of carbonyl (C=O) groups excluding carboxylic acids is 1. The number of aromatic nitrogens is 2. The van der Waals surface area contributed by atoms with Crippen molar-refractivity contribution in [3.8, 4) is 5.75 Å².